The first-order chi connectivity index (χ1) is 14.4. The minimum Gasteiger partial charge on any atom is -0.393 e. The smallest absolute Gasteiger partial charge is 0.0910 e. The number of rotatable bonds is 4. The van der Waals surface area contributed by atoms with Crippen LogP contribution >= 0.6 is 0 Å². The van der Waals surface area contributed by atoms with Crippen LogP contribution in [0.5, 0.6) is 0 Å². The fourth-order valence-electron chi connectivity index (χ4n) is 8.33. The highest BCUT2D eigenvalue weighted by molar-refractivity contribution is 5.31. The van der Waals surface area contributed by atoms with Gasteiger partial charge in [-0.1, -0.05) is 65.8 Å². The van der Waals surface area contributed by atoms with Crippen molar-refractivity contribution in [3.05, 3.63) is 24.3 Å². The van der Waals surface area contributed by atoms with E-state index in [0.29, 0.717) is 30.1 Å². The van der Waals surface area contributed by atoms with Gasteiger partial charge in [-0.3, -0.25) is 0 Å². The van der Waals surface area contributed by atoms with Crippen molar-refractivity contribution in [3.8, 4) is 0 Å². The highest BCUT2D eigenvalue weighted by atomic mass is 16.3. The van der Waals surface area contributed by atoms with E-state index in [1.165, 1.54) is 6.42 Å². The van der Waals surface area contributed by atoms with Crippen molar-refractivity contribution in [2.45, 2.75) is 104 Å². The first kappa shape index (κ1) is 23.5. The van der Waals surface area contributed by atoms with Crippen LogP contribution < -0.4 is 0 Å². The minimum absolute atomic E-state index is 0.0612. The Labute approximate surface area is 190 Å². The Morgan fingerprint density at radius 3 is 2.26 bits per heavy atom. The number of hydrogen-bond donors (Lipinski definition) is 3. The van der Waals surface area contributed by atoms with Crippen molar-refractivity contribution in [2.75, 3.05) is 0 Å². The normalized spacial score (nSPS) is 51.4. The lowest BCUT2D eigenvalue weighted by Gasteiger charge is -2.64. The molecule has 0 heterocycles. The molecule has 3 fully saturated rings. The molecule has 0 aliphatic heterocycles. The number of fused-ring (bicyclic) bond motifs is 5. The van der Waals surface area contributed by atoms with E-state index in [-0.39, 0.29) is 22.7 Å². The van der Waals surface area contributed by atoms with Gasteiger partial charge in [0.2, 0.25) is 0 Å². The van der Waals surface area contributed by atoms with Crippen LogP contribution in [0, 0.1) is 46.3 Å². The maximum absolute atomic E-state index is 12.2. The van der Waals surface area contributed by atoms with Crippen LogP contribution in [0.15, 0.2) is 24.3 Å². The van der Waals surface area contributed by atoms with Gasteiger partial charge in [0.15, 0.2) is 0 Å². The summed E-state index contributed by atoms with van der Waals surface area (Å²) in [6.45, 7) is 13.8. The minimum atomic E-state index is -1.00. The maximum atomic E-state index is 12.2. The molecule has 0 saturated heterocycles. The van der Waals surface area contributed by atoms with E-state index >= 15 is 0 Å². The van der Waals surface area contributed by atoms with E-state index in [2.05, 4.69) is 53.7 Å². The summed E-state index contributed by atoms with van der Waals surface area (Å²) in [4.78, 5) is 0. The molecule has 10 atom stereocenters. The van der Waals surface area contributed by atoms with E-state index in [0.717, 1.165) is 32.1 Å². The molecular weight excluding hydrogens is 384 g/mol. The molecule has 0 radical (unpaired) electrons. The molecule has 0 aromatic heterocycles. The SMILES string of the molecule is CC(C)[C@@H](C)C=C[C@@H](C)[C@H]1CC[C@H]2[C@]3(O)C=C[C@@]4(O)C[C@@H](O)CC[C@]4(C)[C@H]3CC[C@]12C. The summed E-state index contributed by atoms with van der Waals surface area (Å²) in [5.74, 6) is 2.66. The van der Waals surface area contributed by atoms with Crippen LogP contribution in [0.1, 0.15) is 86.5 Å². The molecular formula is C28H46O3. The molecule has 0 spiro atoms. The molecule has 0 aromatic rings. The summed E-state index contributed by atoms with van der Waals surface area (Å²) in [7, 11) is 0. The van der Waals surface area contributed by atoms with Gasteiger partial charge in [0.1, 0.15) is 0 Å². The van der Waals surface area contributed by atoms with Crippen LogP contribution in [-0.4, -0.2) is 32.6 Å². The number of aliphatic hydroxyl groups excluding tert-OH is 1. The maximum Gasteiger partial charge on any atom is 0.0910 e. The summed E-state index contributed by atoms with van der Waals surface area (Å²) < 4.78 is 0. The van der Waals surface area contributed by atoms with Crippen molar-refractivity contribution in [3.63, 3.8) is 0 Å². The third-order valence-electron chi connectivity index (χ3n) is 10.8. The predicted molar refractivity (Wildman–Crippen MR) is 126 cm³/mol. The van der Waals surface area contributed by atoms with Gasteiger partial charge in [-0.15, -0.1) is 0 Å². The van der Waals surface area contributed by atoms with Gasteiger partial charge >= 0.3 is 0 Å². The Morgan fingerprint density at radius 2 is 1.58 bits per heavy atom. The molecule has 176 valence electrons. The Bertz CT molecular complexity index is 743. The van der Waals surface area contributed by atoms with E-state index in [1.54, 1.807) is 0 Å². The molecule has 3 nitrogen and oxygen atoms in total. The van der Waals surface area contributed by atoms with Crippen LogP contribution in [0.3, 0.4) is 0 Å². The molecule has 0 bridgehead atoms. The molecule has 0 amide bonds. The summed E-state index contributed by atoms with van der Waals surface area (Å²) >= 11 is 0. The zero-order chi connectivity index (χ0) is 22.8. The second kappa shape index (κ2) is 7.71. The molecule has 3 saturated carbocycles. The highest BCUT2D eigenvalue weighted by Crippen LogP contribution is 2.68. The number of allylic oxidation sites excluding steroid dienone is 2. The van der Waals surface area contributed by atoms with E-state index in [1.807, 2.05) is 12.2 Å². The molecule has 3 N–H and O–H groups in total. The fraction of sp³-hybridized carbons (Fsp3) is 0.857. The van der Waals surface area contributed by atoms with Crippen molar-refractivity contribution in [2.24, 2.45) is 46.3 Å². The largest absolute Gasteiger partial charge is 0.393 e. The predicted octanol–water partition coefficient (Wildman–Crippen LogP) is 5.50. The van der Waals surface area contributed by atoms with Crippen LogP contribution in [-0.2, 0) is 0 Å². The highest BCUT2D eigenvalue weighted by Gasteiger charge is 2.68. The van der Waals surface area contributed by atoms with Crippen molar-refractivity contribution in [1.29, 1.82) is 0 Å². The Morgan fingerprint density at radius 1 is 0.871 bits per heavy atom. The second-order valence-corrected chi connectivity index (χ2v) is 12.6. The van der Waals surface area contributed by atoms with Gasteiger partial charge in [-0.25, -0.2) is 0 Å². The summed E-state index contributed by atoms with van der Waals surface area (Å²) in [5.41, 5.74) is -2.09. The van der Waals surface area contributed by atoms with Gasteiger partial charge in [-0.05, 0) is 73.5 Å². The molecule has 4 aliphatic carbocycles. The number of hydrogen-bond acceptors (Lipinski definition) is 3. The Balaban J connectivity index is 1.62. The van der Waals surface area contributed by atoms with Gasteiger partial charge in [-0.2, -0.15) is 0 Å². The summed E-state index contributed by atoms with van der Waals surface area (Å²) in [6, 6.07) is 0. The third kappa shape index (κ3) is 3.40. The monoisotopic (exact) mass is 430 g/mol. The topological polar surface area (TPSA) is 60.7 Å². The molecule has 4 rings (SSSR count). The van der Waals surface area contributed by atoms with Crippen LogP contribution in [0.2, 0.25) is 0 Å². The van der Waals surface area contributed by atoms with Gasteiger partial charge in [0.05, 0.1) is 17.3 Å². The van der Waals surface area contributed by atoms with Crippen LogP contribution in [0.4, 0.5) is 0 Å². The lowest BCUT2D eigenvalue weighted by atomic mass is 9.43. The van der Waals surface area contributed by atoms with Gasteiger partial charge in [0, 0.05) is 17.8 Å². The average molecular weight is 431 g/mol. The molecule has 31 heavy (non-hydrogen) atoms. The van der Waals surface area contributed by atoms with Crippen molar-refractivity contribution in [1.82, 2.24) is 0 Å². The quantitative estimate of drug-likeness (QED) is 0.516. The number of aliphatic hydroxyl groups is 3. The van der Waals surface area contributed by atoms with Crippen molar-refractivity contribution >= 4 is 0 Å². The van der Waals surface area contributed by atoms with Crippen LogP contribution in [0.25, 0.3) is 0 Å². The lowest BCUT2D eigenvalue weighted by molar-refractivity contribution is -0.220. The fourth-order valence-corrected chi connectivity index (χ4v) is 8.33. The standard InChI is InChI=1S/C28H46O3/c1-18(2)19(3)7-8-20(4)22-9-10-23-25(22,5)13-12-24-26(6)14-11-21(29)17-27(26,30)15-16-28(23,24)31/h7-8,15-16,18-24,29-31H,9-14,17H2,1-6H3/t19-,20+,21-,22+,23+,24+,25+,26+,27+,28+/m0/s1. The summed E-state index contributed by atoms with van der Waals surface area (Å²) in [5, 5.41) is 34.0. The second-order valence-electron chi connectivity index (χ2n) is 12.6. The van der Waals surface area contributed by atoms with E-state index in [4.69, 9.17) is 0 Å². The summed E-state index contributed by atoms with van der Waals surface area (Å²) in [6.07, 6.45) is 14.4. The third-order valence-corrected chi connectivity index (χ3v) is 10.8. The van der Waals surface area contributed by atoms with Gasteiger partial charge in [0.25, 0.3) is 0 Å². The average Bonchev–Trinajstić information content (AvgIpc) is 3.05. The zero-order valence-electron chi connectivity index (χ0n) is 20.6. The molecule has 3 heteroatoms. The lowest BCUT2D eigenvalue weighted by Crippen LogP contribution is -2.67. The Kier molecular flexibility index (Phi) is 5.84. The van der Waals surface area contributed by atoms with Gasteiger partial charge < -0.3 is 15.3 Å². The van der Waals surface area contributed by atoms with E-state index < -0.39 is 17.3 Å². The molecule has 0 unspecified atom stereocenters. The van der Waals surface area contributed by atoms with Crippen molar-refractivity contribution < 1.29 is 15.3 Å². The first-order valence-corrected chi connectivity index (χ1v) is 12.9. The molecule has 4 aliphatic rings. The van der Waals surface area contributed by atoms with E-state index in [9.17, 15) is 15.3 Å². The zero-order valence-corrected chi connectivity index (χ0v) is 20.6. The Hall–Kier alpha value is -0.640. The molecule has 0 aromatic carbocycles. The first-order valence-electron chi connectivity index (χ1n) is 12.9.